The lowest BCUT2D eigenvalue weighted by atomic mass is 9.91. The van der Waals surface area contributed by atoms with Crippen LogP contribution < -0.4 is 20.5 Å². The normalized spacial score (nSPS) is 18.4. The Morgan fingerprint density at radius 3 is 1.88 bits per heavy atom. The van der Waals surface area contributed by atoms with Gasteiger partial charge in [-0.1, -0.05) is 115 Å². The van der Waals surface area contributed by atoms with Gasteiger partial charge in [-0.15, -0.1) is 0 Å². The highest BCUT2D eigenvalue weighted by molar-refractivity contribution is 7.17. The van der Waals surface area contributed by atoms with Crippen molar-refractivity contribution < 1.29 is 0 Å². The molecule has 0 spiro atoms. The molecule has 1 aliphatic heterocycles. The van der Waals surface area contributed by atoms with Crippen LogP contribution in [0.4, 0.5) is 5.69 Å². The largest absolute Gasteiger partial charge is 0.342 e. The number of rotatable bonds is 4. The number of anilines is 1. The van der Waals surface area contributed by atoms with Crippen molar-refractivity contribution in [3.63, 3.8) is 0 Å². The SMILES string of the molecule is CCN1C2=C(C[C@H](c3ccccc3)C=C2)[Si](c2ccccc2)(c2ccccc2)c2ccccc21. The monoisotopic (exact) mass is 455 g/mol. The van der Waals surface area contributed by atoms with E-state index in [1.165, 1.54) is 32.5 Å². The van der Waals surface area contributed by atoms with Crippen LogP contribution in [0.1, 0.15) is 24.8 Å². The minimum atomic E-state index is -2.46. The number of benzene rings is 4. The number of para-hydroxylation sites is 1. The summed E-state index contributed by atoms with van der Waals surface area (Å²) >= 11 is 0. The first-order valence-electron chi connectivity index (χ1n) is 12.3. The third-order valence-corrected chi connectivity index (χ3v) is 12.5. The van der Waals surface area contributed by atoms with Crippen LogP contribution in [-0.2, 0) is 0 Å². The summed E-state index contributed by atoms with van der Waals surface area (Å²) in [5.74, 6) is 0.392. The molecule has 1 atom stereocenters. The van der Waals surface area contributed by atoms with Crippen molar-refractivity contribution >= 4 is 29.3 Å². The van der Waals surface area contributed by atoms with E-state index in [0.717, 1.165) is 13.0 Å². The van der Waals surface area contributed by atoms with Gasteiger partial charge in [0.15, 0.2) is 8.07 Å². The van der Waals surface area contributed by atoms with Gasteiger partial charge in [-0.2, -0.15) is 0 Å². The molecule has 0 fully saturated rings. The lowest BCUT2D eigenvalue weighted by molar-refractivity contribution is 0.808. The average Bonchev–Trinajstić information content (AvgIpc) is 2.93. The van der Waals surface area contributed by atoms with Crippen LogP contribution in [0.15, 0.2) is 138 Å². The predicted molar refractivity (Wildman–Crippen MR) is 147 cm³/mol. The summed E-state index contributed by atoms with van der Waals surface area (Å²) in [4.78, 5) is 2.54. The first kappa shape index (κ1) is 20.9. The zero-order valence-electron chi connectivity index (χ0n) is 19.6. The van der Waals surface area contributed by atoms with Crippen LogP contribution in [0.2, 0.25) is 0 Å². The van der Waals surface area contributed by atoms with Crippen molar-refractivity contribution in [2.45, 2.75) is 19.3 Å². The van der Waals surface area contributed by atoms with E-state index in [0.29, 0.717) is 5.92 Å². The fourth-order valence-electron chi connectivity index (χ4n) is 6.09. The Morgan fingerprint density at radius 1 is 0.706 bits per heavy atom. The Balaban J connectivity index is 1.69. The molecule has 0 saturated carbocycles. The van der Waals surface area contributed by atoms with Crippen molar-refractivity contribution in [3.05, 3.63) is 144 Å². The average molecular weight is 456 g/mol. The van der Waals surface area contributed by atoms with Gasteiger partial charge in [-0.25, -0.2) is 0 Å². The summed E-state index contributed by atoms with van der Waals surface area (Å²) in [7, 11) is -2.46. The van der Waals surface area contributed by atoms with E-state index < -0.39 is 8.07 Å². The van der Waals surface area contributed by atoms with Crippen molar-refractivity contribution in [1.82, 2.24) is 0 Å². The van der Waals surface area contributed by atoms with Gasteiger partial charge in [-0.05, 0) is 51.8 Å². The second-order valence-corrected chi connectivity index (χ2v) is 13.0. The van der Waals surface area contributed by atoms with Gasteiger partial charge in [-0.3, -0.25) is 0 Å². The van der Waals surface area contributed by atoms with E-state index in [9.17, 15) is 0 Å². The van der Waals surface area contributed by atoms with E-state index in [1.54, 1.807) is 5.20 Å². The van der Waals surface area contributed by atoms with Gasteiger partial charge in [0.1, 0.15) is 0 Å². The Labute approximate surface area is 203 Å². The molecular weight excluding hydrogens is 426 g/mol. The first-order chi connectivity index (χ1) is 16.8. The van der Waals surface area contributed by atoms with Crippen LogP contribution in [0.3, 0.4) is 0 Å². The fourth-order valence-corrected chi connectivity index (χ4v) is 11.5. The molecular formula is C32H29NSi. The maximum atomic E-state index is 2.54. The molecule has 1 aliphatic carbocycles. The lowest BCUT2D eigenvalue weighted by Gasteiger charge is -2.47. The molecule has 1 nitrogen and oxygen atoms in total. The molecule has 1 heterocycles. The maximum absolute atomic E-state index is 2.54. The summed E-state index contributed by atoms with van der Waals surface area (Å²) in [6.07, 6.45) is 5.90. The van der Waals surface area contributed by atoms with Gasteiger partial charge < -0.3 is 4.90 Å². The highest BCUT2D eigenvalue weighted by Crippen LogP contribution is 2.42. The molecule has 166 valence electrons. The topological polar surface area (TPSA) is 3.24 Å². The van der Waals surface area contributed by atoms with Gasteiger partial charge in [0.05, 0.1) is 0 Å². The second-order valence-electron chi connectivity index (χ2n) is 9.19. The second kappa shape index (κ2) is 8.62. The third-order valence-electron chi connectivity index (χ3n) is 7.52. The van der Waals surface area contributed by atoms with Crippen LogP contribution in [0.25, 0.3) is 0 Å². The van der Waals surface area contributed by atoms with E-state index >= 15 is 0 Å². The Morgan fingerprint density at radius 2 is 1.26 bits per heavy atom. The number of fused-ring (bicyclic) bond motifs is 1. The number of likely N-dealkylation sites (N-methyl/N-ethyl adjacent to an activating group) is 1. The van der Waals surface area contributed by atoms with Crippen molar-refractivity contribution in [3.8, 4) is 0 Å². The summed E-state index contributed by atoms with van der Waals surface area (Å²) in [5.41, 5.74) is 4.18. The molecule has 0 amide bonds. The van der Waals surface area contributed by atoms with Gasteiger partial charge in [0.25, 0.3) is 0 Å². The number of nitrogens with zero attached hydrogens (tertiary/aromatic N) is 1. The van der Waals surface area contributed by atoms with Gasteiger partial charge in [0, 0.05) is 23.8 Å². The zero-order chi connectivity index (χ0) is 23.0. The Hall–Kier alpha value is -3.62. The molecule has 0 radical (unpaired) electrons. The summed E-state index contributed by atoms with van der Waals surface area (Å²) in [6, 6.07) is 42.8. The third kappa shape index (κ3) is 3.13. The molecule has 34 heavy (non-hydrogen) atoms. The van der Waals surface area contributed by atoms with Crippen LogP contribution in [0, 0.1) is 0 Å². The quantitative estimate of drug-likeness (QED) is 0.366. The molecule has 6 rings (SSSR count). The van der Waals surface area contributed by atoms with Gasteiger partial charge >= 0.3 is 0 Å². The van der Waals surface area contributed by atoms with Crippen LogP contribution >= 0.6 is 0 Å². The zero-order valence-corrected chi connectivity index (χ0v) is 20.6. The summed E-state index contributed by atoms with van der Waals surface area (Å²) in [5, 5.41) is 6.08. The minimum Gasteiger partial charge on any atom is -0.342 e. The molecule has 0 N–H and O–H groups in total. The highest BCUT2D eigenvalue weighted by Gasteiger charge is 2.50. The lowest BCUT2D eigenvalue weighted by Crippen LogP contribution is -2.71. The van der Waals surface area contributed by atoms with Crippen molar-refractivity contribution in [2.75, 3.05) is 11.4 Å². The smallest absolute Gasteiger partial charge is 0.179 e. The Kier molecular flexibility index (Phi) is 5.31. The maximum Gasteiger partial charge on any atom is 0.179 e. The molecule has 0 saturated heterocycles. The van der Waals surface area contributed by atoms with E-state index in [4.69, 9.17) is 0 Å². The number of allylic oxidation sites excluding steroid dienone is 3. The fraction of sp³-hybridized carbons (Fsp3) is 0.125. The van der Waals surface area contributed by atoms with E-state index in [-0.39, 0.29) is 0 Å². The molecule has 4 aromatic carbocycles. The highest BCUT2D eigenvalue weighted by atomic mass is 28.3. The number of hydrogen-bond acceptors (Lipinski definition) is 1. The van der Waals surface area contributed by atoms with E-state index in [2.05, 4.69) is 139 Å². The van der Waals surface area contributed by atoms with Crippen LogP contribution in [-0.4, -0.2) is 14.6 Å². The van der Waals surface area contributed by atoms with Crippen LogP contribution in [0.5, 0.6) is 0 Å². The molecule has 0 aromatic heterocycles. The molecule has 2 aliphatic rings. The summed E-state index contributed by atoms with van der Waals surface area (Å²) in [6.45, 7) is 3.24. The molecule has 4 aromatic rings. The van der Waals surface area contributed by atoms with E-state index in [1.807, 2.05) is 0 Å². The van der Waals surface area contributed by atoms with Crippen molar-refractivity contribution in [1.29, 1.82) is 0 Å². The molecule has 0 bridgehead atoms. The molecule has 0 unspecified atom stereocenters. The Bertz CT molecular complexity index is 1320. The minimum absolute atomic E-state index is 0.392. The van der Waals surface area contributed by atoms with Crippen molar-refractivity contribution in [2.24, 2.45) is 0 Å². The standard InChI is InChI=1S/C32H29NSi/c1-2-33-29-20-12-13-21-31(29)34(27-16-8-4-9-17-27,28-18-10-5-11-19-28)32-24-26(22-23-30(32)33)25-14-6-3-7-15-25/h3-23,26H,2,24H2,1H3/t26-/m1/s1. The number of hydrogen-bond donors (Lipinski definition) is 0. The molecule has 2 heteroatoms. The predicted octanol–water partition coefficient (Wildman–Crippen LogP) is 5.53. The first-order valence-corrected chi connectivity index (χ1v) is 14.3. The van der Waals surface area contributed by atoms with Gasteiger partial charge in [0.2, 0.25) is 0 Å². The summed E-state index contributed by atoms with van der Waals surface area (Å²) < 4.78 is 0.